The molecule has 2 unspecified atom stereocenters. The number of likely N-dealkylation sites (tertiary alicyclic amines) is 1. The summed E-state index contributed by atoms with van der Waals surface area (Å²) in [7, 11) is 0. The molecule has 2 saturated heterocycles. The number of fused-ring (bicyclic) bond motifs is 1. The van der Waals surface area contributed by atoms with Crippen LogP contribution in [0.3, 0.4) is 0 Å². The highest BCUT2D eigenvalue weighted by Gasteiger charge is 2.34. The molecule has 0 radical (unpaired) electrons. The quantitative estimate of drug-likeness (QED) is 0.870. The Bertz CT molecular complexity index is 544. The van der Waals surface area contributed by atoms with Crippen molar-refractivity contribution in [3.05, 3.63) is 34.9 Å². The Morgan fingerprint density at radius 3 is 2.81 bits per heavy atom. The summed E-state index contributed by atoms with van der Waals surface area (Å²) in [4.78, 5) is 25.9. The molecule has 21 heavy (non-hydrogen) atoms. The predicted octanol–water partition coefficient (Wildman–Crippen LogP) is 2.12. The molecule has 2 aliphatic rings. The van der Waals surface area contributed by atoms with Crippen molar-refractivity contribution in [3.8, 4) is 0 Å². The van der Waals surface area contributed by atoms with Crippen molar-refractivity contribution in [2.45, 2.75) is 25.3 Å². The first-order chi connectivity index (χ1) is 10.1. The average Bonchev–Trinajstić information content (AvgIpc) is 2.48. The highest BCUT2D eigenvalue weighted by atomic mass is 35.5. The standard InChI is InChI=1S/C16H19ClN2O2/c17-13-4-1-11(2-5-13)15(20)10-19-8-7-14-12(9-19)3-6-16(21)18-14/h1-2,4-5,12,14H,3,6-10H2,(H,18,21). The van der Waals surface area contributed by atoms with Crippen LogP contribution >= 0.6 is 11.6 Å². The van der Waals surface area contributed by atoms with Gasteiger partial charge in [0.1, 0.15) is 0 Å². The zero-order valence-corrected chi connectivity index (χ0v) is 12.6. The Morgan fingerprint density at radius 2 is 2.05 bits per heavy atom. The molecule has 4 nitrogen and oxygen atoms in total. The van der Waals surface area contributed by atoms with E-state index < -0.39 is 0 Å². The second-order valence-electron chi connectivity index (χ2n) is 5.93. The summed E-state index contributed by atoms with van der Waals surface area (Å²) in [5.41, 5.74) is 0.707. The van der Waals surface area contributed by atoms with Gasteiger partial charge >= 0.3 is 0 Å². The van der Waals surface area contributed by atoms with Crippen LogP contribution < -0.4 is 5.32 Å². The zero-order chi connectivity index (χ0) is 14.8. The second kappa shape index (κ2) is 6.16. The minimum absolute atomic E-state index is 0.130. The lowest BCUT2D eigenvalue weighted by molar-refractivity contribution is -0.125. The van der Waals surface area contributed by atoms with E-state index in [0.717, 1.165) is 25.9 Å². The van der Waals surface area contributed by atoms with Gasteiger partial charge in [0, 0.05) is 36.1 Å². The van der Waals surface area contributed by atoms with Crippen molar-refractivity contribution in [1.29, 1.82) is 0 Å². The number of rotatable bonds is 3. The number of benzene rings is 1. The predicted molar refractivity (Wildman–Crippen MR) is 81.5 cm³/mol. The molecule has 1 amide bonds. The largest absolute Gasteiger partial charge is 0.353 e. The number of amides is 1. The Labute approximate surface area is 129 Å². The van der Waals surface area contributed by atoms with Gasteiger partial charge in [-0.25, -0.2) is 0 Å². The maximum atomic E-state index is 12.3. The Balaban J connectivity index is 1.57. The number of Topliss-reactive ketones (excluding diaryl/α,β-unsaturated/α-hetero) is 1. The van der Waals surface area contributed by atoms with Crippen LogP contribution in [0.15, 0.2) is 24.3 Å². The second-order valence-corrected chi connectivity index (χ2v) is 6.36. The summed E-state index contributed by atoms with van der Waals surface area (Å²) in [6.07, 6.45) is 2.48. The highest BCUT2D eigenvalue weighted by molar-refractivity contribution is 6.30. The van der Waals surface area contributed by atoms with Crippen LogP contribution in [0.1, 0.15) is 29.6 Å². The molecule has 0 bridgehead atoms. The molecule has 2 aliphatic heterocycles. The van der Waals surface area contributed by atoms with Gasteiger partial charge < -0.3 is 5.32 Å². The molecule has 2 atom stereocenters. The summed E-state index contributed by atoms with van der Waals surface area (Å²) in [5.74, 6) is 0.779. The summed E-state index contributed by atoms with van der Waals surface area (Å²) >= 11 is 5.84. The van der Waals surface area contributed by atoms with E-state index in [9.17, 15) is 9.59 Å². The van der Waals surface area contributed by atoms with Crippen molar-refractivity contribution < 1.29 is 9.59 Å². The molecule has 2 fully saturated rings. The van der Waals surface area contributed by atoms with Gasteiger partial charge in [0.25, 0.3) is 0 Å². The van der Waals surface area contributed by atoms with Crippen molar-refractivity contribution in [1.82, 2.24) is 10.2 Å². The highest BCUT2D eigenvalue weighted by Crippen LogP contribution is 2.25. The normalized spacial score (nSPS) is 26.0. The lowest BCUT2D eigenvalue weighted by Crippen LogP contribution is -2.54. The van der Waals surface area contributed by atoms with Crippen molar-refractivity contribution in [2.24, 2.45) is 5.92 Å². The van der Waals surface area contributed by atoms with Crippen LogP contribution in [0.4, 0.5) is 0 Å². The number of hydrogen-bond donors (Lipinski definition) is 1. The number of carbonyl (C=O) groups is 2. The monoisotopic (exact) mass is 306 g/mol. The fourth-order valence-corrected chi connectivity index (χ4v) is 3.39. The molecular weight excluding hydrogens is 288 g/mol. The van der Waals surface area contributed by atoms with Gasteiger partial charge in [-0.15, -0.1) is 0 Å². The van der Waals surface area contributed by atoms with Crippen molar-refractivity contribution in [2.75, 3.05) is 19.6 Å². The van der Waals surface area contributed by atoms with Crippen LogP contribution in [-0.4, -0.2) is 42.3 Å². The van der Waals surface area contributed by atoms with E-state index in [-0.39, 0.29) is 11.7 Å². The van der Waals surface area contributed by atoms with Gasteiger partial charge in [-0.3, -0.25) is 14.5 Å². The van der Waals surface area contributed by atoms with Gasteiger partial charge in [0.05, 0.1) is 6.54 Å². The van der Waals surface area contributed by atoms with E-state index in [1.54, 1.807) is 24.3 Å². The number of carbonyl (C=O) groups excluding carboxylic acids is 2. The van der Waals surface area contributed by atoms with Gasteiger partial charge in [-0.2, -0.15) is 0 Å². The minimum Gasteiger partial charge on any atom is -0.353 e. The van der Waals surface area contributed by atoms with E-state index in [4.69, 9.17) is 11.6 Å². The van der Waals surface area contributed by atoms with Crippen LogP contribution in [0.25, 0.3) is 0 Å². The smallest absolute Gasteiger partial charge is 0.220 e. The minimum atomic E-state index is 0.130. The molecule has 1 aromatic carbocycles. The van der Waals surface area contributed by atoms with Gasteiger partial charge in [-0.1, -0.05) is 11.6 Å². The average molecular weight is 307 g/mol. The van der Waals surface area contributed by atoms with E-state index in [1.165, 1.54) is 0 Å². The van der Waals surface area contributed by atoms with E-state index in [2.05, 4.69) is 10.2 Å². The maximum absolute atomic E-state index is 12.3. The zero-order valence-electron chi connectivity index (χ0n) is 11.8. The molecule has 0 saturated carbocycles. The fraction of sp³-hybridized carbons (Fsp3) is 0.500. The van der Waals surface area contributed by atoms with Gasteiger partial charge in [-0.05, 0) is 43.0 Å². The van der Waals surface area contributed by atoms with Crippen LogP contribution in [0.5, 0.6) is 0 Å². The number of nitrogens with one attached hydrogen (secondary N) is 1. The molecule has 1 N–H and O–H groups in total. The molecule has 112 valence electrons. The first-order valence-electron chi connectivity index (χ1n) is 7.42. The number of piperidine rings is 2. The van der Waals surface area contributed by atoms with Crippen LogP contribution in [0, 0.1) is 5.92 Å². The van der Waals surface area contributed by atoms with E-state index in [0.29, 0.717) is 35.5 Å². The third kappa shape index (κ3) is 3.44. The molecular formula is C16H19ClN2O2. The molecule has 3 rings (SSSR count). The summed E-state index contributed by atoms with van der Waals surface area (Å²) in [6, 6.07) is 7.35. The Morgan fingerprint density at radius 1 is 1.29 bits per heavy atom. The molecule has 2 heterocycles. The summed E-state index contributed by atoms with van der Waals surface area (Å²) < 4.78 is 0. The van der Waals surface area contributed by atoms with Crippen molar-refractivity contribution >= 4 is 23.3 Å². The maximum Gasteiger partial charge on any atom is 0.220 e. The topological polar surface area (TPSA) is 49.4 Å². The Kier molecular flexibility index (Phi) is 4.27. The summed E-state index contributed by atoms with van der Waals surface area (Å²) in [6.45, 7) is 2.20. The van der Waals surface area contributed by atoms with Crippen molar-refractivity contribution in [3.63, 3.8) is 0 Å². The number of halogens is 1. The lowest BCUT2D eigenvalue weighted by atomic mass is 9.85. The molecule has 0 aromatic heterocycles. The number of hydrogen-bond acceptors (Lipinski definition) is 3. The summed E-state index contributed by atoms with van der Waals surface area (Å²) in [5, 5.41) is 3.71. The van der Waals surface area contributed by atoms with Gasteiger partial charge in [0.15, 0.2) is 5.78 Å². The van der Waals surface area contributed by atoms with E-state index in [1.807, 2.05) is 0 Å². The first kappa shape index (κ1) is 14.5. The molecule has 5 heteroatoms. The third-order valence-corrected chi connectivity index (χ3v) is 4.69. The van der Waals surface area contributed by atoms with Crippen LogP contribution in [-0.2, 0) is 4.79 Å². The Hall–Kier alpha value is -1.39. The first-order valence-corrected chi connectivity index (χ1v) is 7.80. The van der Waals surface area contributed by atoms with Gasteiger partial charge in [0.2, 0.25) is 5.91 Å². The van der Waals surface area contributed by atoms with Crippen LogP contribution in [0.2, 0.25) is 5.02 Å². The third-order valence-electron chi connectivity index (χ3n) is 4.44. The molecule has 0 spiro atoms. The van der Waals surface area contributed by atoms with E-state index >= 15 is 0 Å². The number of nitrogens with zero attached hydrogens (tertiary/aromatic N) is 1. The number of ketones is 1. The lowest BCUT2D eigenvalue weighted by Gasteiger charge is -2.41. The fourth-order valence-electron chi connectivity index (χ4n) is 3.26. The molecule has 0 aliphatic carbocycles. The molecule has 1 aromatic rings. The SMILES string of the molecule is O=C1CCC2CN(CC(=O)c3ccc(Cl)cc3)CCC2N1.